The lowest BCUT2D eigenvalue weighted by atomic mass is 10.1. The van der Waals surface area contributed by atoms with E-state index in [2.05, 4.69) is 26.4 Å². The number of pyridine rings is 2. The van der Waals surface area contributed by atoms with Gasteiger partial charge in [0.05, 0.1) is 16.1 Å². The predicted molar refractivity (Wildman–Crippen MR) is 103 cm³/mol. The van der Waals surface area contributed by atoms with E-state index in [1.165, 1.54) is 6.20 Å². The van der Waals surface area contributed by atoms with Crippen molar-refractivity contribution < 1.29 is 4.79 Å². The summed E-state index contributed by atoms with van der Waals surface area (Å²) in [5.74, 6) is 0.215. The zero-order valence-electron chi connectivity index (χ0n) is 13.8. The molecule has 0 atom stereocenters. The van der Waals surface area contributed by atoms with E-state index in [1.807, 2.05) is 24.4 Å². The van der Waals surface area contributed by atoms with E-state index >= 15 is 0 Å². The largest absolute Gasteiger partial charge is 0.309 e. The molecule has 6 nitrogen and oxygen atoms in total. The fourth-order valence-electron chi connectivity index (χ4n) is 2.80. The van der Waals surface area contributed by atoms with E-state index in [0.29, 0.717) is 16.5 Å². The molecule has 0 bridgehead atoms. The molecule has 8 heteroatoms. The van der Waals surface area contributed by atoms with Crippen molar-refractivity contribution in [1.82, 2.24) is 19.7 Å². The van der Waals surface area contributed by atoms with Crippen LogP contribution in [-0.2, 0) is 11.3 Å². The van der Waals surface area contributed by atoms with Crippen LogP contribution in [0.25, 0.3) is 21.5 Å². The van der Waals surface area contributed by atoms with Gasteiger partial charge in [-0.1, -0.05) is 17.7 Å². The summed E-state index contributed by atoms with van der Waals surface area (Å²) < 4.78 is 1.62. The molecule has 0 aliphatic carbocycles. The Morgan fingerprint density at radius 3 is 2.88 bits per heavy atom. The second-order valence-electron chi connectivity index (χ2n) is 5.69. The summed E-state index contributed by atoms with van der Waals surface area (Å²) in [7, 11) is 0. The van der Waals surface area contributed by atoms with Gasteiger partial charge < -0.3 is 5.32 Å². The number of nitrogens with one attached hydrogen (secondary N) is 1. The predicted octanol–water partition coefficient (Wildman–Crippen LogP) is 4.16. The number of halogens is 1. The van der Waals surface area contributed by atoms with Crippen LogP contribution in [0.2, 0.25) is 5.02 Å². The lowest BCUT2D eigenvalue weighted by Gasteiger charge is -2.06. The standard InChI is InChI=1S/C18H14ClN5OS/c1-11-17-13(14-3-2-8-26-14)6-7-20-18(17)24(23-11)10-16(25)22-15-5-4-12(19)9-21-15/h2-9H,10H2,1H3,(H,21,22,25). The van der Waals surface area contributed by atoms with Crippen molar-refractivity contribution in [2.75, 3.05) is 5.32 Å². The molecule has 0 saturated carbocycles. The molecule has 0 aliphatic rings. The van der Waals surface area contributed by atoms with Crippen molar-refractivity contribution in [1.29, 1.82) is 0 Å². The summed E-state index contributed by atoms with van der Waals surface area (Å²) in [6.07, 6.45) is 3.23. The van der Waals surface area contributed by atoms with Gasteiger partial charge >= 0.3 is 0 Å². The summed E-state index contributed by atoms with van der Waals surface area (Å²) >= 11 is 7.47. The molecule has 0 fully saturated rings. The Morgan fingerprint density at radius 2 is 2.15 bits per heavy atom. The zero-order chi connectivity index (χ0) is 18.1. The number of carbonyl (C=O) groups is 1. The number of carbonyl (C=O) groups excluding carboxylic acids is 1. The first kappa shape index (κ1) is 16.7. The molecular formula is C18H14ClN5OS. The first-order valence-electron chi connectivity index (χ1n) is 7.89. The lowest BCUT2D eigenvalue weighted by Crippen LogP contribution is -2.20. The number of nitrogens with zero attached hydrogens (tertiary/aromatic N) is 4. The van der Waals surface area contributed by atoms with Crippen LogP contribution in [0, 0.1) is 6.92 Å². The molecule has 0 aliphatic heterocycles. The van der Waals surface area contributed by atoms with Gasteiger partial charge in [0.2, 0.25) is 5.91 Å². The molecule has 4 rings (SSSR count). The minimum Gasteiger partial charge on any atom is -0.309 e. The number of hydrogen-bond acceptors (Lipinski definition) is 5. The highest BCUT2D eigenvalue weighted by Crippen LogP contribution is 2.32. The van der Waals surface area contributed by atoms with Crippen LogP contribution in [0.1, 0.15) is 5.69 Å². The number of aromatic nitrogens is 4. The summed E-state index contributed by atoms with van der Waals surface area (Å²) in [5, 5.41) is 10.8. The Bertz CT molecular complexity index is 1070. The maximum atomic E-state index is 12.4. The molecule has 26 heavy (non-hydrogen) atoms. The van der Waals surface area contributed by atoms with Crippen LogP contribution in [0.15, 0.2) is 48.1 Å². The van der Waals surface area contributed by atoms with Crippen LogP contribution in [0.5, 0.6) is 0 Å². The SMILES string of the molecule is Cc1nn(CC(=O)Nc2ccc(Cl)cn2)c2nccc(-c3cccs3)c12. The molecule has 0 unspecified atom stereocenters. The fraction of sp³-hybridized carbons (Fsp3) is 0.111. The van der Waals surface area contributed by atoms with Gasteiger partial charge in [0.15, 0.2) is 5.65 Å². The lowest BCUT2D eigenvalue weighted by molar-refractivity contribution is -0.116. The van der Waals surface area contributed by atoms with Crippen molar-refractivity contribution >= 4 is 45.7 Å². The summed E-state index contributed by atoms with van der Waals surface area (Å²) in [6, 6.07) is 9.38. The van der Waals surface area contributed by atoms with Crippen LogP contribution < -0.4 is 5.32 Å². The van der Waals surface area contributed by atoms with Crippen LogP contribution in [-0.4, -0.2) is 25.7 Å². The smallest absolute Gasteiger partial charge is 0.247 e. The molecule has 4 aromatic rings. The van der Waals surface area contributed by atoms with Gasteiger partial charge in [-0.3, -0.25) is 4.79 Å². The Kier molecular flexibility index (Phi) is 4.40. The zero-order valence-corrected chi connectivity index (χ0v) is 15.4. The normalized spacial score (nSPS) is 11.0. The summed E-state index contributed by atoms with van der Waals surface area (Å²) in [5.41, 5.74) is 2.61. The van der Waals surface area contributed by atoms with E-state index in [0.717, 1.165) is 21.5 Å². The molecule has 0 spiro atoms. The Balaban J connectivity index is 1.64. The minimum absolute atomic E-state index is 0.0511. The number of rotatable bonds is 4. The van der Waals surface area contributed by atoms with Crippen molar-refractivity contribution in [2.45, 2.75) is 13.5 Å². The monoisotopic (exact) mass is 383 g/mol. The van der Waals surface area contributed by atoms with Gasteiger partial charge in [-0.05, 0) is 36.6 Å². The van der Waals surface area contributed by atoms with Crippen molar-refractivity contribution in [3.05, 3.63) is 58.8 Å². The molecule has 1 N–H and O–H groups in total. The fourth-order valence-corrected chi connectivity index (χ4v) is 3.67. The van der Waals surface area contributed by atoms with Gasteiger partial charge in [-0.25, -0.2) is 14.6 Å². The average molecular weight is 384 g/mol. The van der Waals surface area contributed by atoms with Gasteiger partial charge in [-0.15, -0.1) is 11.3 Å². The highest BCUT2D eigenvalue weighted by atomic mass is 35.5. The van der Waals surface area contributed by atoms with E-state index in [-0.39, 0.29) is 12.5 Å². The number of amides is 1. The first-order valence-corrected chi connectivity index (χ1v) is 9.15. The van der Waals surface area contributed by atoms with Gasteiger partial charge in [0.25, 0.3) is 0 Å². The molecule has 0 radical (unpaired) electrons. The molecule has 4 heterocycles. The van der Waals surface area contributed by atoms with Crippen LogP contribution in [0.4, 0.5) is 5.82 Å². The van der Waals surface area contributed by atoms with E-state index in [9.17, 15) is 4.79 Å². The first-order chi connectivity index (χ1) is 12.6. The minimum atomic E-state index is -0.229. The van der Waals surface area contributed by atoms with Crippen molar-refractivity contribution in [3.63, 3.8) is 0 Å². The van der Waals surface area contributed by atoms with Gasteiger partial charge in [0.1, 0.15) is 12.4 Å². The molecule has 0 aromatic carbocycles. The highest BCUT2D eigenvalue weighted by molar-refractivity contribution is 7.13. The van der Waals surface area contributed by atoms with Gasteiger partial charge in [-0.2, -0.15) is 5.10 Å². The third-order valence-electron chi connectivity index (χ3n) is 3.88. The summed E-state index contributed by atoms with van der Waals surface area (Å²) in [4.78, 5) is 22.0. The van der Waals surface area contributed by atoms with E-state index < -0.39 is 0 Å². The van der Waals surface area contributed by atoms with E-state index in [1.54, 1.807) is 34.3 Å². The molecular weight excluding hydrogens is 370 g/mol. The maximum absolute atomic E-state index is 12.4. The number of thiophene rings is 1. The summed E-state index contributed by atoms with van der Waals surface area (Å²) in [6.45, 7) is 1.98. The maximum Gasteiger partial charge on any atom is 0.247 e. The quantitative estimate of drug-likeness (QED) is 0.574. The van der Waals surface area contributed by atoms with Crippen molar-refractivity contribution in [3.8, 4) is 10.4 Å². The molecule has 4 aromatic heterocycles. The van der Waals surface area contributed by atoms with E-state index in [4.69, 9.17) is 11.6 Å². The topological polar surface area (TPSA) is 72.7 Å². The highest BCUT2D eigenvalue weighted by Gasteiger charge is 2.16. The third-order valence-corrected chi connectivity index (χ3v) is 5.01. The van der Waals surface area contributed by atoms with Gasteiger partial charge in [0, 0.05) is 22.8 Å². The second kappa shape index (κ2) is 6.86. The number of fused-ring (bicyclic) bond motifs is 1. The molecule has 0 saturated heterocycles. The number of aryl methyl sites for hydroxylation is 1. The third kappa shape index (κ3) is 3.18. The number of hydrogen-bond donors (Lipinski definition) is 1. The van der Waals surface area contributed by atoms with Crippen LogP contribution in [0.3, 0.4) is 0 Å². The Morgan fingerprint density at radius 1 is 1.27 bits per heavy atom. The number of anilines is 1. The molecule has 1 amide bonds. The Labute approximate surface area is 158 Å². The van der Waals surface area contributed by atoms with Crippen molar-refractivity contribution in [2.24, 2.45) is 0 Å². The van der Waals surface area contributed by atoms with Crippen LogP contribution >= 0.6 is 22.9 Å². The molecule has 130 valence electrons. The average Bonchev–Trinajstić information content (AvgIpc) is 3.26. The Hall–Kier alpha value is -2.77. The second-order valence-corrected chi connectivity index (χ2v) is 7.07.